The fraction of sp³-hybridized carbons (Fsp3) is 0.0667. The van der Waals surface area contributed by atoms with Gasteiger partial charge in [0.2, 0.25) is 0 Å². The third-order valence-corrected chi connectivity index (χ3v) is 3.24. The minimum absolute atomic E-state index is 0.0175. The third-order valence-electron chi connectivity index (χ3n) is 3.24. The number of nitrogens with zero attached hydrogens (tertiary/aromatic N) is 3. The van der Waals surface area contributed by atoms with Gasteiger partial charge in [-0.2, -0.15) is 13.2 Å². The predicted molar refractivity (Wildman–Crippen MR) is 76.8 cm³/mol. The quantitative estimate of drug-likeness (QED) is 0.525. The van der Waals surface area contributed by atoms with Crippen LogP contribution in [-0.2, 0) is 6.18 Å². The Balaban J connectivity index is 2.19. The predicted octanol–water partition coefficient (Wildman–Crippen LogP) is 4.33. The van der Waals surface area contributed by atoms with Crippen molar-refractivity contribution in [2.75, 3.05) is 0 Å². The summed E-state index contributed by atoms with van der Waals surface area (Å²) in [5.74, 6) is -0.547. The number of halogens is 3. The molecule has 9 heteroatoms. The highest BCUT2D eigenvalue weighted by Crippen LogP contribution is 2.40. The first kappa shape index (κ1) is 15.7. The van der Waals surface area contributed by atoms with Gasteiger partial charge in [0, 0.05) is 11.8 Å². The second kappa shape index (κ2) is 5.76. The number of hydrogen-bond acceptors (Lipinski definition) is 5. The van der Waals surface area contributed by atoms with E-state index in [9.17, 15) is 23.3 Å². The van der Waals surface area contributed by atoms with Crippen LogP contribution in [0.3, 0.4) is 0 Å². The van der Waals surface area contributed by atoms with E-state index in [4.69, 9.17) is 4.42 Å². The first-order chi connectivity index (χ1) is 11.4. The molecule has 122 valence electrons. The van der Waals surface area contributed by atoms with Gasteiger partial charge in [0.25, 0.3) is 0 Å². The molecule has 24 heavy (non-hydrogen) atoms. The van der Waals surface area contributed by atoms with Crippen LogP contribution in [-0.4, -0.2) is 14.9 Å². The van der Waals surface area contributed by atoms with Crippen molar-refractivity contribution in [3.8, 4) is 22.6 Å². The monoisotopic (exact) mass is 335 g/mol. The van der Waals surface area contributed by atoms with E-state index in [-0.39, 0.29) is 22.6 Å². The molecule has 0 aliphatic rings. The van der Waals surface area contributed by atoms with Crippen molar-refractivity contribution in [2.45, 2.75) is 6.18 Å². The highest BCUT2D eigenvalue weighted by Gasteiger charge is 2.34. The molecule has 0 aliphatic heterocycles. The van der Waals surface area contributed by atoms with Crippen molar-refractivity contribution < 1.29 is 22.5 Å². The summed E-state index contributed by atoms with van der Waals surface area (Å²) in [5.41, 5.74) is -0.897. The molecule has 2 heterocycles. The highest BCUT2D eigenvalue weighted by molar-refractivity contribution is 5.80. The van der Waals surface area contributed by atoms with Crippen LogP contribution in [0.25, 0.3) is 22.6 Å². The zero-order valence-electron chi connectivity index (χ0n) is 11.8. The molecule has 0 amide bonds. The second-order valence-electron chi connectivity index (χ2n) is 4.72. The van der Waals surface area contributed by atoms with E-state index >= 15 is 0 Å². The van der Waals surface area contributed by atoms with Crippen LogP contribution in [0.2, 0.25) is 0 Å². The molecule has 0 aliphatic carbocycles. The van der Waals surface area contributed by atoms with Gasteiger partial charge in [0.05, 0.1) is 11.6 Å². The van der Waals surface area contributed by atoms with Crippen LogP contribution in [0, 0.1) is 10.1 Å². The molecule has 3 rings (SSSR count). The maximum atomic E-state index is 13.2. The van der Waals surface area contributed by atoms with Crippen molar-refractivity contribution in [3.05, 3.63) is 64.6 Å². The Hall–Kier alpha value is -3.23. The highest BCUT2D eigenvalue weighted by atomic mass is 19.4. The maximum absolute atomic E-state index is 13.2. The number of nitro groups is 1. The van der Waals surface area contributed by atoms with Crippen molar-refractivity contribution in [3.63, 3.8) is 0 Å². The molecule has 0 N–H and O–H groups in total. The van der Waals surface area contributed by atoms with Gasteiger partial charge in [0.1, 0.15) is 16.9 Å². The smallest absolute Gasteiger partial charge is 0.399 e. The normalized spacial score (nSPS) is 11.5. The van der Waals surface area contributed by atoms with Gasteiger partial charge < -0.3 is 4.42 Å². The van der Waals surface area contributed by atoms with Crippen molar-refractivity contribution in [2.24, 2.45) is 0 Å². The Kier molecular flexibility index (Phi) is 3.76. The molecule has 0 atom stereocenters. The molecule has 6 nitrogen and oxygen atoms in total. The van der Waals surface area contributed by atoms with Crippen LogP contribution in [0.1, 0.15) is 5.56 Å². The molecule has 3 aromatic rings. The van der Waals surface area contributed by atoms with Crippen LogP contribution < -0.4 is 0 Å². The minimum atomic E-state index is -4.57. The molecule has 0 saturated heterocycles. The van der Waals surface area contributed by atoms with E-state index in [0.717, 1.165) is 18.5 Å². The second-order valence-corrected chi connectivity index (χ2v) is 4.72. The van der Waals surface area contributed by atoms with Gasteiger partial charge >= 0.3 is 12.1 Å². The Morgan fingerprint density at radius 2 is 1.83 bits per heavy atom. The van der Waals surface area contributed by atoms with Crippen molar-refractivity contribution >= 4 is 5.88 Å². The lowest BCUT2D eigenvalue weighted by atomic mass is 9.98. The maximum Gasteiger partial charge on any atom is 0.433 e. The number of rotatable bonds is 3. The van der Waals surface area contributed by atoms with Gasteiger partial charge in [-0.25, -0.2) is 9.97 Å². The molecule has 0 radical (unpaired) electrons. The van der Waals surface area contributed by atoms with Crippen LogP contribution in [0.5, 0.6) is 0 Å². The molecule has 0 saturated carbocycles. The summed E-state index contributed by atoms with van der Waals surface area (Å²) in [6.45, 7) is 0. The standard InChI is InChI=1S/C15H8F3N3O3/c16-15(17,18)11-4-2-1-3-9(11)10-7-19-8-20-14(10)12-5-6-13(24-12)21(22)23/h1-8H. The molecular formula is C15H8F3N3O3. The summed E-state index contributed by atoms with van der Waals surface area (Å²) < 4.78 is 44.7. The average Bonchev–Trinajstić information content (AvgIpc) is 3.04. The van der Waals surface area contributed by atoms with Crippen LogP contribution >= 0.6 is 0 Å². The van der Waals surface area contributed by atoms with Gasteiger partial charge in [-0.1, -0.05) is 18.2 Å². The van der Waals surface area contributed by atoms with E-state index in [0.29, 0.717) is 0 Å². The number of aromatic nitrogens is 2. The zero-order chi connectivity index (χ0) is 17.3. The lowest BCUT2D eigenvalue weighted by Gasteiger charge is -2.13. The molecule has 0 fully saturated rings. The zero-order valence-corrected chi connectivity index (χ0v) is 11.8. The van der Waals surface area contributed by atoms with E-state index in [1.165, 1.54) is 30.5 Å². The summed E-state index contributed by atoms with van der Waals surface area (Å²) in [6.07, 6.45) is -2.23. The summed E-state index contributed by atoms with van der Waals surface area (Å²) >= 11 is 0. The largest absolute Gasteiger partial charge is 0.433 e. The Bertz CT molecular complexity index is 906. The van der Waals surface area contributed by atoms with E-state index in [1.807, 2.05) is 0 Å². The number of benzene rings is 1. The molecule has 0 unspecified atom stereocenters. The van der Waals surface area contributed by atoms with Crippen molar-refractivity contribution in [1.29, 1.82) is 0 Å². The van der Waals surface area contributed by atoms with Crippen LogP contribution in [0.15, 0.2) is 53.3 Å². The van der Waals surface area contributed by atoms with E-state index < -0.39 is 22.5 Å². The Morgan fingerprint density at radius 1 is 1.08 bits per heavy atom. The SMILES string of the molecule is O=[N+]([O-])c1ccc(-c2ncncc2-c2ccccc2C(F)(F)F)o1. The van der Waals surface area contributed by atoms with Crippen molar-refractivity contribution in [1.82, 2.24) is 9.97 Å². The molecule has 2 aromatic heterocycles. The summed E-state index contributed by atoms with van der Waals surface area (Å²) in [4.78, 5) is 17.7. The van der Waals surface area contributed by atoms with Gasteiger partial charge in [-0.05, 0) is 17.7 Å². The fourth-order valence-corrected chi connectivity index (χ4v) is 2.24. The molecule has 1 aromatic carbocycles. The van der Waals surface area contributed by atoms with Gasteiger partial charge in [-0.3, -0.25) is 10.1 Å². The Morgan fingerprint density at radius 3 is 2.50 bits per heavy atom. The number of alkyl halides is 3. The topological polar surface area (TPSA) is 82.1 Å². The van der Waals surface area contributed by atoms with E-state index in [2.05, 4.69) is 9.97 Å². The fourth-order valence-electron chi connectivity index (χ4n) is 2.24. The van der Waals surface area contributed by atoms with E-state index in [1.54, 1.807) is 0 Å². The average molecular weight is 335 g/mol. The van der Waals surface area contributed by atoms with Gasteiger partial charge in [0.15, 0.2) is 5.76 Å². The van der Waals surface area contributed by atoms with Gasteiger partial charge in [-0.15, -0.1) is 0 Å². The number of furan rings is 1. The lowest BCUT2D eigenvalue weighted by Crippen LogP contribution is -2.07. The molecular weight excluding hydrogens is 327 g/mol. The summed E-state index contributed by atoms with van der Waals surface area (Å²) in [6, 6.07) is 7.33. The van der Waals surface area contributed by atoms with Crippen LogP contribution in [0.4, 0.5) is 19.1 Å². The lowest BCUT2D eigenvalue weighted by molar-refractivity contribution is -0.401. The first-order valence-corrected chi connectivity index (χ1v) is 6.59. The third kappa shape index (κ3) is 2.83. The molecule has 0 bridgehead atoms. The Labute approximate surface area is 132 Å². The minimum Gasteiger partial charge on any atom is -0.399 e. The summed E-state index contributed by atoms with van der Waals surface area (Å²) in [7, 11) is 0. The summed E-state index contributed by atoms with van der Waals surface area (Å²) in [5, 5.41) is 10.7. The number of hydrogen-bond donors (Lipinski definition) is 0. The molecule has 0 spiro atoms. The first-order valence-electron chi connectivity index (χ1n) is 6.59.